The van der Waals surface area contributed by atoms with Gasteiger partial charge in [-0.3, -0.25) is 4.68 Å². The monoisotopic (exact) mass is 385 g/mol. The summed E-state index contributed by atoms with van der Waals surface area (Å²) >= 11 is 16.0. The molecule has 0 aliphatic rings. The van der Waals surface area contributed by atoms with Crippen molar-refractivity contribution in [2.24, 2.45) is 7.05 Å². The molecule has 0 saturated heterocycles. The van der Waals surface area contributed by atoms with E-state index in [1.54, 1.807) is 6.07 Å². The average molecular weight is 387 g/mol. The van der Waals surface area contributed by atoms with Crippen molar-refractivity contribution >= 4 is 50.0 Å². The van der Waals surface area contributed by atoms with Crippen LogP contribution in [0, 0.1) is 0 Å². The maximum Gasteiger partial charge on any atom is 0.0767 e. The van der Waals surface area contributed by atoms with Crippen molar-refractivity contribution < 1.29 is 0 Å². The van der Waals surface area contributed by atoms with E-state index in [1.807, 2.05) is 30.1 Å². The van der Waals surface area contributed by atoms with E-state index in [2.05, 4.69) is 32.5 Å². The van der Waals surface area contributed by atoms with Crippen molar-refractivity contribution in [1.29, 1.82) is 0 Å². The van der Waals surface area contributed by atoms with Gasteiger partial charge in [0.15, 0.2) is 0 Å². The van der Waals surface area contributed by atoms with Crippen LogP contribution < -0.4 is 0 Å². The van der Waals surface area contributed by atoms with E-state index in [9.17, 15) is 0 Å². The van der Waals surface area contributed by atoms with E-state index in [-0.39, 0.29) is 0 Å². The third-order valence-electron chi connectivity index (χ3n) is 3.63. The van der Waals surface area contributed by atoms with Crippen LogP contribution in [0.2, 0.25) is 10.0 Å². The summed E-state index contributed by atoms with van der Waals surface area (Å²) in [6.45, 7) is 2.81. The largest absolute Gasteiger partial charge is 0.341 e. The molecule has 0 aliphatic carbocycles. The Labute approximate surface area is 141 Å². The van der Waals surface area contributed by atoms with Gasteiger partial charge in [-0.25, -0.2) is 0 Å². The van der Waals surface area contributed by atoms with E-state index in [0.717, 1.165) is 33.2 Å². The van der Waals surface area contributed by atoms with Crippen molar-refractivity contribution in [2.45, 2.75) is 19.9 Å². The van der Waals surface area contributed by atoms with E-state index < -0.39 is 0 Å². The van der Waals surface area contributed by atoms with Gasteiger partial charge in [0.2, 0.25) is 0 Å². The summed E-state index contributed by atoms with van der Waals surface area (Å²) in [5.41, 5.74) is 3.22. The fourth-order valence-corrected chi connectivity index (χ4v) is 3.80. The molecule has 0 radical (unpaired) electrons. The molecular formula is C15H14BrCl2N3. The highest BCUT2D eigenvalue weighted by molar-refractivity contribution is 9.10. The van der Waals surface area contributed by atoms with Gasteiger partial charge in [-0.05, 0) is 40.5 Å². The lowest BCUT2D eigenvalue weighted by Gasteiger charge is -2.08. The predicted molar refractivity (Wildman–Crippen MR) is 91.3 cm³/mol. The van der Waals surface area contributed by atoms with Crippen LogP contribution in [0.25, 0.3) is 10.9 Å². The number of hydrogen-bond acceptors (Lipinski definition) is 1. The molecule has 0 spiro atoms. The Kier molecular flexibility index (Phi) is 4.04. The number of halogens is 3. The van der Waals surface area contributed by atoms with Crippen molar-refractivity contribution in [1.82, 2.24) is 14.3 Å². The van der Waals surface area contributed by atoms with Crippen LogP contribution in [0.15, 0.2) is 28.9 Å². The van der Waals surface area contributed by atoms with Crippen LogP contribution in [0.1, 0.15) is 18.3 Å². The fourth-order valence-electron chi connectivity index (χ4n) is 2.51. The Morgan fingerprint density at radius 2 is 2.05 bits per heavy atom. The summed E-state index contributed by atoms with van der Waals surface area (Å²) in [5.74, 6) is 0. The normalized spacial score (nSPS) is 11.5. The lowest BCUT2D eigenvalue weighted by atomic mass is 10.2. The summed E-state index contributed by atoms with van der Waals surface area (Å²) in [4.78, 5) is 0. The Hall–Kier alpha value is -0.970. The fraction of sp³-hybridized carbons (Fsp3) is 0.267. The number of hydrogen-bond donors (Lipinski definition) is 0. The zero-order valence-corrected chi connectivity index (χ0v) is 14.8. The Morgan fingerprint density at radius 1 is 1.29 bits per heavy atom. The van der Waals surface area contributed by atoms with Gasteiger partial charge < -0.3 is 4.57 Å². The van der Waals surface area contributed by atoms with Gasteiger partial charge in [0.25, 0.3) is 0 Å². The van der Waals surface area contributed by atoms with E-state index in [0.29, 0.717) is 16.6 Å². The lowest BCUT2D eigenvalue weighted by Crippen LogP contribution is -2.05. The van der Waals surface area contributed by atoms with Gasteiger partial charge in [0.05, 0.1) is 32.9 Å². The number of rotatable bonds is 3. The zero-order valence-electron chi connectivity index (χ0n) is 11.7. The zero-order chi connectivity index (χ0) is 15.1. The maximum atomic E-state index is 6.24. The van der Waals surface area contributed by atoms with E-state index in [4.69, 9.17) is 23.2 Å². The third kappa shape index (κ3) is 2.60. The second kappa shape index (κ2) is 5.67. The molecule has 0 atom stereocenters. The van der Waals surface area contributed by atoms with Crippen molar-refractivity contribution in [3.8, 4) is 0 Å². The Morgan fingerprint density at radius 3 is 2.71 bits per heavy atom. The van der Waals surface area contributed by atoms with Crippen LogP contribution in [0.4, 0.5) is 0 Å². The number of nitrogens with zero attached hydrogens (tertiary/aromatic N) is 3. The highest BCUT2D eigenvalue weighted by Crippen LogP contribution is 2.30. The Bertz CT molecular complexity index is 820. The molecule has 1 aromatic carbocycles. The van der Waals surface area contributed by atoms with Crippen molar-refractivity contribution in [3.63, 3.8) is 0 Å². The quantitative estimate of drug-likeness (QED) is 0.617. The third-order valence-corrected chi connectivity index (χ3v) is 5.07. The van der Waals surface area contributed by atoms with Crippen LogP contribution >= 0.6 is 39.1 Å². The first-order valence-corrected chi connectivity index (χ1v) is 8.20. The molecule has 21 heavy (non-hydrogen) atoms. The van der Waals surface area contributed by atoms with Crippen LogP contribution in [-0.2, 0) is 20.0 Å². The highest BCUT2D eigenvalue weighted by atomic mass is 79.9. The summed E-state index contributed by atoms with van der Waals surface area (Å²) in [7, 11) is 1.96. The first kappa shape index (κ1) is 14.9. The summed E-state index contributed by atoms with van der Waals surface area (Å²) in [6, 6.07) is 5.72. The molecule has 0 unspecified atom stereocenters. The number of fused-ring (bicyclic) bond motifs is 1. The first-order valence-electron chi connectivity index (χ1n) is 6.65. The number of aromatic nitrogens is 3. The van der Waals surface area contributed by atoms with Gasteiger partial charge in [0, 0.05) is 23.7 Å². The molecule has 3 rings (SSSR count). The molecule has 0 aliphatic heterocycles. The highest BCUT2D eigenvalue weighted by Gasteiger charge is 2.14. The molecule has 6 heteroatoms. The summed E-state index contributed by atoms with van der Waals surface area (Å²) in [5, 5.41) is 6.86. The molecule has 0 saturated carbocycles. The summed E-state index contributed by atoms with van der Waals surface area (Å²) in [6.07, 6.45) is 2.93. The maximum absolute atomic E-state index is 6.24. The molecule has 0 fully saturated rings. The lowest BCUT2D eigenvalue weighted by molar-refractivity contribution is 0.668. The first-order chi connectivity index (χ1) is 10.0. The van der Waals surface area contributed by atoms with Crippen LogP contribution in [0.3, 0.4) is 0 Å². The van der Waals surface area contributed by atoms with E-state index in [1.165, 1.54) is 0 Å². The second-order valence-electron chi connectivity index (χ2n) is 4.95. The molecule has 0 bridgehead atoms. The smallest absolute Gasteiger partial charge is 0.0767 e. The number of aryl methyl sites for hydroxylation is 2. The van der Waals surface area contributed by atoms with Crippen molar-refractivity contribution in [3.05, 3.63) is 50.3 Å². The topological polar surface area (TPSA) is 22.8 Å². The molecule has 2 aromatic heterocycles. The van der Waals surface area contributed by atoms with Crippen molar-refractivity contribution in [2.75, 3.05) is 0 Å². The minimum absolute atomic E-state index is 0.644. The number of benzene rings is 1. The molecule has 0 N–H and O–H groups in total. The molecule has 0 amide bonds. The minimum Gasteiger partial charge on any atom is -0.341 e. The standard InChI is InChI=1S/C15H14BrCl2N3/c1-3-12-15(16)14(20(2)19-12)8-21-5-4-10-11(18)6-9(17)7-13(10)21/h4-7H,3,8H2,1-2H3. The van der Waals surface area contributed by atoms with Gasteiger partial charge in [-0.1, -0.05) is 30.1 Å². The van der Waals surface area contributed by atoms with Crippen LogP contribution in [0.5, 0.6) is 0 Å². The summed E-state index contributed by atoms with van der Waals surface area (Å²) < 4.78 is 5.12. The van der Waals surface area contributed by atoms with Gasteiger partial charge in [-0.15, -0.1) is 0 Å². The van der Waals surface area contributed by atoms with E-state index >= 15 is 0 Å². The minimum atomic E-state index is 0.644. The SMILES string of the molecule is CCc1nn(C)c(Cn2ccc3c(Cl)cc(Cl)cc32)c1Br. The molecule has 3 aromatic rings. The second-order valence-corrected chi connectivity index (χ2v) is 6.59. The Balaban J connectivity index is 2.09. The predicted octanol–water partition coefficient (Wildman–Crippen LogP) is 5.05. The molecule has 110 valence electrons. The van der Waals surface area contributed by atoms with Gasteiger partial charge in [0.1, 0.15) is 0 Å². The molecule has 2 heterocycles. The molecular weight excluding hydrogens is 373 g/mol. The van der Waals surface area contributed by atoms with Crippen LogP contribution in [-0.4, -0.2) is 14.3 Å². The average Bonchev–Trinajstić information content (AvgIpc) is 2.95. The molecule has 3 nitrogen and oxygen atoms in total. The van der Waals surface area contributed by atoms with Gasteiger partial charge in [-0.2, -0.15) is 5.10 Å². The van der Waals surface area contributed by atoms with Gasteiger partial charge >= 0.3 is 0 Å².